The van der Waals surface area contributed by atoms with E-state index < -0.39 is 17.7 Å². The van der Waals surface area contributed by atoms with E-state index in [1.54, 1.807) is 7.05 Å². The number of benzene rings is 1. The molecule has 0 aliphatic carbocycles. The fraction of sp³-hybridized carbons (Fsp3) is 0.455. The van der Waals surface area contributed by atoms with Crippen LogP contribution in [-0.4, -0.2) is 20.2 Å². The highest BCUT2D eigenvalue weighted by Gasteiger charge is 2.15. The maximum absolute atomic E-state index is 13.4. The molecule has 0 bridgehead atoms. The molecule has 0 spiro atoms. The van der Waals surface area contributed by atoms with Gasteiger partial charge in [-0.1, -0.05) is 0 Å². The standard InChI is InChI=1S/C11H15F2NO/c1-3-15-11(7-14-2)9-6-8(12)4-5-10(9)13/h4-6,11,14H,3,7H2,1-2H3. The molecule has 84 valence electrons. The lowest BCUT2D eigenvalue weighted by Crippen LogP contribution is -2.20. The normalized spacial score (nSPS) is 12.8. The van der Waals surface area contributed by atoms with E-state index in [4.69, 9.17) is 4.74 Å². The van der Waals surface area contributed by atoms with Gasteiger partial charge in [0.05, 0.1) is 6.10 Å². The van der Waals surface area contributed by atoms with Crippen molar-refractivity contribution < 1.29 is 13.5 Å². The molecule has 0 fully saturated rings. The molecule has 2 nitrogen and oxygen atoms in total. The van der Waals surface area contributed by atoms with Crippen LogP contribution >= 0.6 is 0 Å². The maximum atomic E-state index is 13.4. The summed E-state index contributed by atoms with van der Waals surface area (Å²) < 4.78 is 31.7. The lowest BCUT2D eigenvalue weighted by atomic mass is 10.1. The number of likely N-dealkylation sites (N-methyl/N-ethyl adjacent to an activating group) is 1. The Hall–Kier alpha value is -1.00. The van der Waals surface area contributed by atoms with Gasteiger partial charge in [0.15, 0.2) is 0 Å². The summed E-state index contributed by atoms with van der Waals surface area (Å²) in [5, 5.41) is 2.88. The zero-order valence-electron chi connectivity index (χ0n) is 8.89. The summed E-state index contributed by atoms with van der Waals surface area (Å²) in [6.45, 7) is 2.73. The van der Waals surface area contributed by atoms with Gasteiger partial charge in [-0.25, -0.2) is 8.78 Å². The number of nitrogens with one attached hydrogen (secondary N) is 1. The van der Waals surface area contributed by atoms with Gasteiger partial charge < -0.3 is 10.1 Å². The van der Waals surface area contributed by atoms with Gasteiger partial charge in [0.25, 0.3) is 0 Å². The van der Waals surface area contributed by atoms with Crippen LogP contribution in [0.4, 0.5) is 8.78 Å². The van der Waals surface area contributed by atoms with Gasteiger partial charge in [-0.05, 0) is 32.2 Å². The average molecular weight is 215 g/mol. The van der Waals surface area contributed by atoms with E-state index in [-0.39, 0.29) is 5.56 Å². The van der Waals surface area contributed by atoms with Crippen molar-refractivity contribution in [2.75, 3.05) is 20.2 Å². The molecule has 0 saturated heterocycles. The Kier molecular flexibility index (Phi) is 4.65. The minimum absolute atomic E-state index is 0.256. The van der Waals surface area contributed by atoms with E-state index in [1.165, 1.54) is 6.07 Å². The van der Waals surface area contributed by atoms with Gasteiger partial charge in [-0.2, -0.15) is 0 Å². The van der Waals surface area contributed by atoms with Gasteiger partial charge in [-0.3, -0.25) is 0 Å². The Labute approximate surface area is 88.3 Å². The molecule has 1 atom stereocenters. The van der Waals surface area contributed by atoms with Gasteiger partial charge in [0.1, 0.15) is 11.6 Å². The lowest BCUT2D eigenvalue weighted by molar-refractivity contribution is 0.0610. The third-order valence-electron chi connectivity index (χ3n) is 2.06. The lowest BCUT2D eigenvalue weighted by Gasteiger charge is -2.17. The highest BCUT2D eigenvalue weighted by atomic mass is 19.1. The molecule has 1 aromatic carbocycles. The van der Waals surface area contributed by atoms with Crippen LogP contribution in [-0.2, 0) is 4.74 Å². The monoisotopic (exact) mass is 215 g/mol. The van der Waals surface area contributed by atoms with Gasteiger partial charge in [0, 0.05) is 18.7 Å². The van der Waals surface area contributed by atoms with Crippen LogP contribution in [0.15, 0.2) is 18.2 Å². The summed E-state index contributed by atoms with van der Waals surface area (Å²) >= 11 is 0. The van der Waals surface area contributed by atoms with E-state index in [2.05, 4.69) is 5.32 Å². The SMILES string of the molecule is CCOC(CNC)c1cc(F)ccc1F. The fourth-order valence-corrected chi connectivity index (χ4v) is 1.41. The van der Waals surface area contributed by atoms with Gasteiger partial charge in [0.2, 0.25) is 0 Å². The van der Waals surface area contributed by atoms with Crippen molar-refractivity contribution in [3.05, 3.63) is 35.4 Å². The molecule has 0 aromatic heterocycles. The van der Waals surface area contributed by atoms with E-state index >= 15 is 0 Å². The quantitative estimate of drug-likeness (QED) is 0.813. The molecular weight excluding hydrogens is 200 g/mol. The summed E-state index contributed by atoms with van der Waals surface area (Å²) in [7, 11) is 1.74. The summed E-state index contributed by atoms with van der Waals surface area (Å²) in [4.78, 5) is 0. The first-order chi connectivity index (χ1) is 7.19. The molecule has 0 aliphatic heterocycles. The van der Waals surface area contributed by atoms with Gasteiger partial charge in [-0.15, -0.1) is 0 Å². The molecule has 0 saturated carbocycles. The Balaban J connectivity index is 2.93. The topological polar surface area (TPSA) is 21.3 Å². The third kappa shape index (κ3) is 3.25. The number of halogens is 2. The van der Waals surface area contributed by atoms with Crippen LogP contribution in [0.5, 0.6) is 0 Å². The molecule has 4 heteroatoms. The van der Waals surface area contributed by atoms with Crippen LogP contribution in [0, 0.1) is 11.6 Å². The second kappa shape index (κ2) is 5.78. The van der Waals surface area contributed by atoms with E-state index in [0.29, 0.717) is 13.2 Å². The Morgan fingerprint density at radius 3 is 2.73 bits per heavy atom. The summed E-state index contributed by atoms with van der Waals surface area (Å²) in [6, 6.07) is 3.39. The smallest absolute Gasteiger partial charge is 0.129 e. The first kappa shape index (κ1) is 12.1. The van der Waals surface area contributed by atoms with Crippen LogP contribution in [0.3, 0.4) is 0 Å². The predicted octanol–water partition coefficient (Wildman–Crippen LogP) is 2.26. The highest BCUT2D eigenvalue weighted by Crippen LogP contribution is 2.21. The first-order valence-electron chi connectivity index (χ1n) is 4.90. The van der Waals surface area contributed by atoms with Crippen molar-refractivity contribution in [2.45, 2.75) is 13.0 Å². The largest absolute Gasteiger partial charge is 0.372 e. The predicted molar refractivity (Wildman–Crippen MR) is 54.7 cm³/mol. The zero-order chi connectivity index (χ0) is 11.3. The third-order valence-corrected chi connectivity index (χ3v) is 2.06. The zero-order valence-corrected chi connectivity index (χ0v) is 8.89. The van der Waals surface area contributed by atoms with Crippen molar-refractivity contribution in [1.82, 2.24) is 5.32 Å². The van der Waals surface area contributed by atoms with E-state index in [1.807, 2.05) is 6.92 Å². The van der Waals surface area contributed by atoms with Crippen molar-refractivity contribution in [3.8, 4) is 0 Å². The molecule has 0 radical (unpaired) electrons. The van der Waals surface area contributed by atoms with E-state index in [0.717, 1.165) is 12.1 Å². The second-order valence-electron chi connectivity index (χ2n) is 3.17. The molecule has 0 aliphatic rings. The maximum Gasteiger partial charge on any atom is 0.129 e. The first-order valence-corrected chi connectivity index (χ1v) is 4.90. The molecule has 0 amide bonds. The van der Waals surface area contributed by atoms with Crippen LogP contribution in [0.25, 0.3) is 0 Å². The van der Waals surface area contributed by atoms with Crippen molar-refractivity contribution >= 4 is 0 Å². The van der Waals surface area contributed by atoms with Crippen LogP contribution in [0.2, 0.25) is 0 Å². The van der Waals surface area contributed by atoms with Crippen molar-refractivity contribution in [1.29, 1.82) is 0 Å². The Bertz CT molecular complexity index is 311. The summed E-state index contributed by atoms with van der Waals surface area (Å²) in [5.74, 6) is -0.891. The number of hydrogen-bond acceptors (Lipinski definition) is 2. The second-order valence-corrected chi connectivity index (χ2v) is 3.17. The molecule has 15 heavy (non-hydrogen) atoms. The Morgan fingerprint density at radius 2 is 2.13 bits per heavy atom. The molecule has 1 aromatic rings. The van der Waals surface area contributed by atoms with Crippen LogP contribution < -0.4 is 5.32 Å². The van der Waals surface area contributed by atoms with Gasteiger partial charge >= 0.3 is 0 Å². The summed E-state index contributed by atoms with van der Waals surface area (Å²) in [5.41, 5.74) is 0.256. The Morgan fingerprint density at radius 1 is 1.40 bits per heavy atom. The molecule has 1 rings (SSSR count). The minimum atomic E-state index is -0.452. The fourth-order valence-electron chi connectivity index (χ4n) is 1.41. The highest BCUT2D eigenvalue weighted by molar-refractivity contribution is 5.21. The van der Waals surface area contributed by atoms with Crippen LogP contribution in [0.1, 0.15) is 18.6 Å². The average Bonchev–Trinajstić information content (AvgIpc) is 2.21. The molecule has 1 unspecified atom stereocenters. The number of rotatable bonds is 5. The molecular formula is C11H15F2NO. The number of ether oxygens (including phenoxy) is 1. The number of hydrogen-bond donors (Lipinski definition) is 1. The molecule has 1 N–H and O–H groups in total. The molecule has 0 heterocycles. The van der Waals surface area contributed by atoms with E-state index in [9.17, 15) is 8.78 Å². The van der Waals surface area contributed by atoms with Crippen molar-refractivity contribution in [2.24, 2.45) is 0 Å². The van der Waals surface area contributed by atoms with Crippen molar-refractivity contribution in [3.63, 3.8) is 0 Å². The minimum Gasteiger partial charge on any atom is -0.372 e. The summed E-state index contributed by atoms with van der Waals surface area (Å²) in [6.07, 6.45) is -0.448.